The van der Waals surface area contributed by atoms with Gasteiger partial charge in [0.1, 0.15) is 12.2 Å². The molecule has 2 aromatic rings. The first-order valence-electron chi connectivity index (χ1n) is 8.40. The Morgan fingerprint density at radius 3 is 2.59 bits per heavy atom. The zero-order chi connectivity index (χ0) is 21.1. The van der Waals surface area contributed by atoms with Crippen molar-refractivity contribution in [2.24, 2.45) is 0 Å². The predicted octanol–water partition coefficient (Wildman–Crippen LogP) is 3.95. The summed E-state index contributed by atoms with van der Waals surface area (Å²) in [6.07, 6.45) is 1.43. The van der Waals surface area contributed by atoms with E-state index >= 15 is 0 Å². The zero-order valence-corrected chi connectivity index (χ0v) is 18.7. The van der Waals surface area contributed by atoms with Crippen LogP contribution in [0.3, 0.4) is 0 Å². The van der Waals surface area contributed by atoms with E-state index in [1.165, 1.54) is 25.1 Å². The van der Waals surface area contributed by atoms with Gasteiger partial charge in [-0.2, -0.15) is 0 Å². The van der Waals surface area contributed by atoms with Gasteiger partial charge in [-0.3, -0.25) is 19.8 Å². The lowest BCUT2D eigenvalue weighted by atomic mass is 10.1. The minimum atomic E-state index is -0.566. The van der Waals surface area contributed by atoms with E-state index in [1.54, 1.807) is 12.1 Å². The molecular weight excluding hydrogens is 480 g/mol. The summed E-state index contributed by atoms with van der Waals surface area (Å²) >= 11 is 14.7. The van der Waals surface area contributed by atoms with Crippen LogP contribution in [0.1, 0.15) is 11.1 Å². The number of ether oxygens (including phenoxy) is 2. The zero-order valence-electron chi connectivity index (χ0n) is 15.5. The monoisotopic (exact) mass is 494 g/mol. The van der Waals surface area contributed by atoms with Crippen LogP contribution in [0.15, 0.2) is 46.4 Å². The number of nitrogens with one attached hydrogen (secondary N) is 1. The molecule has 9 heteroatoms. The number of thiocarbonyl (C=S) groups is 1. The summed E-state index contributed by atoms with van der Waals surface area (Å²) in [5.41, 5.74) is 1.42. The number of carbonyl (C=O) groups excluding carboxylic acids is 2. The van der Waals surface area contributed by atoms with E-state index in [1.807, 2.05) is 24.3 Å². The highest BCUT2D eigenvalue weighted by Gasteiger charge is 2.30. The molecule has 29 heavy (non-hydrogen) atoms. The third kappa shape index (κ3) is 4.77. The molecule has 0 aliphatic carbocycles. The average molecular weight is 496 g/mol. The van der Waals surface area contributed by atoms with Crippen molar-refractivity contribution in [3.63, 3.8) is 0 Å². The predicted molar refractivity (Wildman–Crippen MR) is 118 cm³/mol. The maximum absolute atomic E-state index is 12.4. The highest BCUT2D eigenvalue weighted by Crippen LogP contribution is 2.37. The molecule has 1 heterocycles. The number of halogens is 2. The van der Waals surface area contributed by atoms with Gasteiger partial charge in [0.2, 0.25) is 0 Å². The summed E-state index contributed by atoms with van der Waals surface area (Å²) in [4.78, 5) is 25.7. The molecule has 1 N–H and O–H groups in total. The lowest BCUT2D eigenvalue weighted by Crippen LogP contribution is -2.52. The number of nitrogens with zero attached hydrogens (tertiary/aromatic N) is 1. The minimum Gasteiger partial charge on any atom is -0.493 e. The Bertz CT molecular complexity index is 1020. The Morgan fingerprint density at radius 2 is 1.93 bits per heavy atom. The highest BCUT2D eigenvalue weighted by molar-refractivity contribution is 9.10. The summed E-state index contributed by atoms with van der Waals surface area (Å²) in [6, 6.07) is 10.9. The Hall–Kier alpha value is -2.42. The molecule has 0 unspecified atom stereocenters. The molecule has 0 atom stereocenters. The Labute approximate surface area is 186 Å². The number of hydrogen-bond donors (Lipinski definition) is 1. The van der Waals surface area contributed by atoms with Gasteiger partial charge in [-0.25, -0.2) is 0 Å². The fourth-order valence-electron chi connectivity index (χ4n) is 2.61. The van der Waals surface area contributed by atoms with Gasteiger partial charge in [0.25, 0.3) is 11.8 Å². The summed E-state index contributed by atoms with van der Waals surface area (Å²) in [5, 5.41) is 2.82. The molecule has 0 saturated carbocycles. The van der Waals surface area contributed by atoms with Gasteiger partial charge in [0, 0.05) is 11.5 Å². The standard InChI is InChI=1S/C20H16BrClN2O4S/c1-24-19(26)14(18(25)23-20(24)29)7-12-8-15(22)17(16(9-12)27-2)28-10-11-3-5-13(21)6-4-11/h3-9H,10H2,1-2H3,(H,23,25,29)/b14-7+. The SMILES string of the molecule is COc1cc(/C=C2\C(=O)NC(=S)N(C)C2=O)cc(Cl)c1OCc1ccc(Br)cc1. The van der Waals surface area contributed by atoms with E-state index < -0.39 is 11.8 Å². The molecule has 1 aliphatic rings. The van der Waals surface area contributed by atoms with Gasteiger partial charge in [0.05, 0.1) is 12.1 Å². The van der Waals surface area contributed by atoms with Gasteiger partial charge in [-0.15, -0.1) is 0 Å². The fraction of sp³-hybridized carbons (Fsp3) is 0.150. The lowest BCUT2D eigenvalue weighted by Gasteiger charge is -2.25. The van der Waals surface area contributed by atoms with Crippen LogP contribution >= 0.6 is 39.7 Å². The molecule has 3 rings (SSSR count). The molecule has 0 radical (unpaired) electrons. The minimum absolute atomic E-state index is 0.0530. The van der Waals surface area contributed by atoms with Gasteiger partial charge >= 0.3 is 0 Å². The number of rotatable bonds is 5. The number of methoxy groups -OCH3 is 1. The van der Waals surface area contributed by atoms with Crippen LogP contribution in [-0.4, -0.2) is 36.0 Å². The summed E-state index contributed by atoms with van der Waals surface area (Å²) in [6.45, 7) is 0.299. The van der Waals surface area contributed by atoms with Gasteiger partial charge < -0.3 is 9.47 Å². The molecule has 1 fully saturated rings. The van der Waals surface area contributed by atoms with Crippen LogP contribution in [-0.2, 0) is 16.2 Å². The van der Waals surface area contributed by atoms with Crippen LogP contribution in [0.25, 0.3) is 6.08 Å². The molecule has 0 aromatic heterocycles. The maximum atomic E-state index is 12.4. The van der Waals surface area contributed by atoms with Crippen LogP contribution in [0.2, 0.25) is 5.02 Å². The van der Waals surface area contributed by atoms with Gasteiger partial charge in [-0.1, -0.05) is 39.7 Å². The number of benzene rings is 2. The van der Waals surface area contributed by atoms with Crippen LogP contribution in [0.4, 0.5) is 0 Å². The average Bonchev–Trinajstić information content (AvgIpc) is 2.69. The van der Waals surface area contributed by atoms with Crippen LogP contribution < -0.4 is 14.8 Å². The van der Waals surface area contributed by atoms with E-state index in [2.05, 4.69) is 21.2 Å². The van der Waals surface area contributed by atoms with Crippen molar-refractivity contribution < 1.29 is 19.1 Å². The first kappa shape index (κ1) is 21.3. The third-order valence-electron chi connectivity index (χ3n) is 4.16. The second kappa shape index (κ2) is 8.94. The smallest absolute Gasteiger partial charge is 0.265 e. The molecule has 1 saturated heterocycles. The summed E-state index contributed by atoms with van der Waals surface area (Å²) in [5.74, 6) is -0.306. The van der Waals surface area contributed by atoms with E-state index in [4.69, 9.17) is 33.3 Å². The topological polar surface area (TPSA) is 67.9 Å². The molecular formula is C20H16BrClN2O4S. The molecule has 0 spiro atoms. The fourth-order valence-corrected chi connectivity index (χ4v) is 3.33. The normalized spacial score (nSPS) is 15.5. The molecule has 0 bridgehead atoms. The Morgan fingerprint density at radius 1 is 1.24 bits per heavy atom. The van der Waals surface area contributed by atoms with Crippen LogP contribution in [0, 0.1) is 0 Å². The molecule has 150 valence electrons. The van der Waals surface area contributed by atoms with Crippen molar-refractivity contribution in [1.82, 2.24) is 10.2 Å². The quantitative estimate of drug-likeness (QED) is 0.387. The van der Waals surface area contributed by atoms with Crippen molar-refractivity contribution in [2.45, 2.75) is 6.61 Å². The molecule has 2 aromatic carbocycles. The number of carbonyl (C=O) groups is 2. The van der Waals surface area contributed by atoms with E-state index in [0.717, 1.165) is 10.0 Å². The van der Waals surface area contributed by atoms with Gasteiger partial charge in [-0.05, 0) is 53.7 Å². The lowest BCUT2D eigenvalue weighted by molar-refractivity contribution is -0.128. The number of hydrogen-bond acceptors (Lipinski definition) is 5. The third-order valence-corrected chi connectivity index (χ3v) is 5.35. The second-order valence-corrected chi connectivity index (χ2v) is 7.84. The molecule has 6 nitrogen and oxygen atoms in total. The summed E-state index contributed by atoms with van der Waals surface area (Å²) < 4.78 is 12.2. The van der Waals surface area contributed by atoms with E-state index in [0.29, 0.717) is 28.7 Å². The Kier molecular flexibility index (Phi) is 6.56. The molecule has 1 aliphatic heterocycles. The van der Waals surface area contributed by atoms with E-state index in [9.17, 15) is 9.59 Å². The van der Waals surface area contributed by atoms with Crippen molar-refractivity contribution in [3.8, 4) is 11.5 Å². The Balaban J connectivity index is 1.88. The highest BCUT2D eigenvalue weighted by atomic mass is 79.9. The number of amides is 2. The first-order chi connectivity index (χ1) is 13.8. The van der Waals surface area contributed by atoms with E-state index in [-0.39, 0.29) is 10.7 Å². The van der Waals surface area contributed by atoms with Crippen molar-refractivity contribution in [3.05, 3.63) is 62.6 Å². The maximum Gasteiger partial charge on any atom is 0.265 e. The summed E-state index contributed by atoms with van der Waals surface area (Å²) in [7, 11) is 2.98. The van der Waals surface area contributed by atoms with Crippen molar-refractivity contribution in [1.29, 1.82) is 0 Å². The van der Waals surface area contributed by atoms with Crippen molar-refractivity contribution in [2.75, 3.05) is 14.2 Å². The van der Waals surface area contributed by atoms with Crippen molar-refractivity contribution >= 4 is 62.8 Å². The van der Waals surface area contributed by atoms with Gasteiger partial charge in [0.15, 0.2) is 16.6 Å². The second-order valence-electron chi connectivity index (χ2n) is 6.13. The largest absolute Gasteiger partial charge is 0.493 e. The molecule has 2 amide bonds. The van der Waals surface area contributed by atoms with Crippen LogP contribution in [0.5, 0.6) is 11.5 Å². The first-order valence-corrected chi connectivity index (χ1v) is 9.98. The number of likely N-dealkylation sites (N-methyl/N-ethyl adjacent to an activating group) is 1.